The van der Waals surface area contributed by atoms with Crippen LogP contribution < -0.4 is 5.32 Å². The molecule has 2 nitrogen and oxygen atoms in total. The summed E-state index contributed by atoms with van der Waals surface area (Å²) < 4.78 is 0. The third kappa shape index (κ3) is 4.76. The second-order valence-corrected chi connectivity index (χ2v) is 6.00. The minimum atomic E-state index is 0.636. The molecule has 0 aromatic rings. The molecule has 1 N–H and O–H groups in total. The van der Waals surface area contributed by atoms with E-state index < -0.39 is 0 Å². The number of hydrogen-bond donors (Lipinski definition) is 1. The van der Waals surface area contributed by atoms with Gasteiger partial charge in [0.1, 0.15) is 0 Å². The molecule has 1 rings (SSSR count). The van der Waals surface area contributed by atoms with Gasteiger partial charge in [0, 0.05) is 6.04 Å². The van der Waals surface area contributed by atoms with Gasteiger partial charge in [-0.15, -0.1) is 11.8 Å². The predicted octanol–water partition coefficient (Wildman–Crippen LogP) is 3.05. The maximum Gasteiger partial charge on any atom is 0.0808 e. The molecule has 0 aromatic heterocycles. The van der Waals surface area contributed by atoms with E-state index in [0.29, 0.717) is 5.75 Å². The van der Waals surface area contributed by atoms with Gasteiger partial charge in [0.15, 0.2) is 0 Å². The summed E-state index contributed by atoms with van der Waals surface area (Å²) in [7, 11) is 0. The van der Waals surface area contributed by atoms with Crippen LogP contribution in [-0.4, -0.2) is 24.1 Å². The molecule has 0 radical (unpaired) electrons. The van der Waals surface area contributed by atoms with Crippen molar-refractivity contribution in [2.75, 3.05) is 18.1 Å². The number of nitrogens with one attached hydrogen (secondary N) is 1. The summed E-state index contributed by atoms with van der Waals surface area (Å²) in [6, 6.07) is 2.89. The van der Waals surface area contributed by atoms with Gasteiger partial charge in [-0.05, 0) is 37.0 Å². The van der Waals surface area contributed by atoms with Crippen LogP contribution in [0.5, 0.6) is 0 Å². The number of rotatable bonds is 6. The molecule has 0 aliphatic heterocycles. The van der Waals surface area contributed by atoms with Crippen LogP contribution in [0.2, 0.25) is 0 Å². The molecule has 1 saturated carbocycles. The molecular weight excluding hydrogens is 216 g/mol. The van der Waals surface area contributed by atoms with E-state index in [2.05, 4.69) is 25.2 Å². The Hall–Kier alpha value is -0.200. The Balaban J connectivity index is 2.06. The highest BCUT2D eigenvalue weighted by atomic mass is 32.2. The quantitative estimate of drug-likeness (QED) is 0.725. The number of thioether (sulfide) groups is 1. The largest absolute Gasteiger partial charge is 0.314 e. The van der Waals surface area contributed by atoms with E-state index in [0.717, 1.165) is 30.2 Å². The third-order valence-corrected chi connectivity index (χ3v) is 4.66. The van der Waals surface area contributed by atoms with E-state index in [9.17, 15) is 0 Å². The molecular formula is C13H24N2S. The first-order valence-electron chi connectivity index (χ1n) is 6.43. The van der Waals surface area contributed by atoms with Gasteiger partial charge in [-0.2, -0.15) is 5.26 Å². The molecule has 1 fully saturated rings. The van der Waals surface area contributed by atoms with Crippen molar-refractivity contribution >= 4 is 11.8 Å². The molecule has 1 aliphatic rings. The Labute approximate surface area is 104 Å². The highest BCUT2D eigenvalue weighted by molar-refractivity contribution is 7.99. The van der Waals surface area contributed by atoms with E-state index in [1.54, 1.807) is 11.8 Å². The monoisotopic (exact) mass is 240 g/mol. The van der Waals surface area contributed by atoms with Crippen LogP contribution in [0.3, 0.4) is 0 Å². The van der Waals surface area contributed by atoms with Gasteiger partial charge < -0.3 is 5.32 Å². The molecule has 0 spiro atoms. The molecule has 3 atom stereocenters. The Bertz CT molecular complexity index is 224. The molecule has 92 valence electrons. The Morgan fingerprint density at radius 3 is 2.94 bits per heavy atom. The maximum atomic E-state index is 8.40. The topological polar surface area (TPSA) is 35.8 Å². The SMILES string of the molecule is C[C@@H]1[C@@H](C)CCC[C@H]1NCCCSCC#N. The lowest BCUT2D eigenvalue weighted by molar-refractivity contribution is 0.207. The van der Waals surface area contributed by atoms with E-state index in [-0.39, 0.29) is 0 Å². The zero-order valence-electron chi connectivity index (χ0n) is 10.5. The van der Waals surface area contributed by atoms with E-state index in [1.165, 1.54) is 25.7 Å². The molecule has 0 unspecified atom stereocenters. The second-order valence-electron chi connectivity index (χ2n) is 4.89. The van der Waals surface area contributed by atoms with Crippen molar-refractivity contribution in [2.24, 2.45) is 11.8 Å². The van der Waals surface area contributed by atoms with Crippen molar-refractivity contribution in [3.05, 3.63) is 0 Å². The maximum absolute atomic E-state index is 8.40. The second kappa shape index (κ2) is 7.97. The van der Waals surface area contributed by atoms with Gasteiger partial charge in [-0.25, -0.2) is 0 Å². The van der Waals surface area contributed by atoms with Crippen LogP contribution in [0.25, 0.3) is 0 Å². The van der Waals surface area contributed by atoms with Gasteiger partial charge >= 0.3 is 0 Å². The molecule has 0 bridgehead atoms. The molecule has 0 amide bonds. The number of nitriles is 1. The first-order chi connectivity index (χ1) is 7.75. The van der Waals surface area contributed by atoms with Crippen molar-refractivity contribution in [1.82, 2.24) is 5.32 Å². The van der Waals surface area contributed by atoms with Crippen molar-refractivity contribution in [2.45, 2.75) is 45.6 Å². The average molecular weight is 240 g/mol. The van der Waals surface area contributed by atoms with Gasteiger partial charge in [0.05, 0.1) is 11.8 Å². The highest BCUT2D eigenvalue weighted by Gasteiger charge is 2.25. The first kappa shape index (κ1) is 13.9. The van der Waals surface area contributed by atoms with Gasteiger partial charge in [0.25, 0.3) is 0 Å². The fraction of sp³-hybridized carbons (Fsp3) is 0.923. The van der Waals surface area contributed by atoms with Crippen LogP contribution in [0.1, 0.15) is 39.5 Å². The smallest absolute Gasteiger partial charge is 0.0808 e. The summed E-state index contributed by atoms with van der Waals surface area (Å²) in [4.78, 5) is 0. The van der Waals surface area contributed by atoms with Crippen LogP contribution >= 0.6 is 11.8 Å². The summed E-state index contributed by atoms with van der Waals surface area (Å²) in [5.74, 6) is 3.44. The summed E-state index contributed by atoms with van der Waals surface area (Å²) >= 11 is 1.74. The zero-order chi connectivity index (χ0) is 11.8. The standard InChI is InChI=1S/C13H24N2S/c1-11-5-3-6-13(12(11)2)15-8-4-9-16-10-7-14/h11-13,15H,3-6,8-10H2,1-2H3/t11-,12+,13+/m0/s1. The molecule has 0 heterocycles. The Kier molecular flexibility index (Phi) is 6.91. The first-order valence-corrected chi connectivity index (χ1v) is 7.59. The molecule has 0 aromatic carbocycles. The predicted molar refractivity (Wildman–Crippen MR) is 71.5 cm³/mol. The fourth-order valence-electron chi connectivity index (χ4n) is 2.45. The lowest BCUT2D eigenvalue weighted by atomic mass is 9.78. The summed E-state index contributed by atoms with van der Waals surface area (Å²) in [5.41, 5.74) is 0. The van der Waals surface area contributed by atoms with Gasteiger partial charge in [-0.3, -0.25) is 0 Å². The minimum absolute atomic E-state index is 0.636. The third-order valence-electron chi connectivity index (χ3n) is 3.75. The average Bonchev–Trinajstić information content (AvgIpc) is 2.29. The molecule has 0 saturated heterocycles. The summed E-state index contributed by atoms with van der Waals surface area (Å²) in [6.07, 6.45) is 5.31. The van der Waals surface area contributed by atoms with Crippen LogP contribution in [0.15, 0.2) is 0 Å². The Morgan fingerprint density at radius 2 is 2.19 bits per heavy atom. The fourth-order valence-corrected chi connectivity index (χ4v) is 3.03. The van der Waals surface area contributed by atoms with Crippen LogP contribution in [0, 0.1) is 23.2 Å². The van der Waals surface area contributed by atoms with E-state index in [4.69, 9.17) is 5.26 Å². The number of hydrogen-bond acceptors (Lipinski definition) is 3. The number of nitrogens with zero attached hydrogens (tertiary/aromatic N) is 1. The van der Waals surface area contributed by atoms with Crippen LogP contribution in [-0.2, 0) is 0 Å². The van der Waals surface area contributed by atoms with Crippen molar-refractivity contribution in [1.29, 1.82) is 5.26 Å². The normalized spacial score (nSPS) is 29.9. The highest BCUT2D eigenvalue weighted by Crippen LogP contribution is 2.29. The summed E-state index contributed by atoms with van der Waals surface area (Å²) in [6.45, 7) is 5.87. The van der Waals surface area contributed by atoms with Crippen molar-refractivity contribution < 1.29 is 0 Å². The van der Waals surface area contributed by atoms with Crippen molar-refractivity contribution in [3.63, 3.8) is 0 Å². The lowest BCUT2D eigenvalue weighted by Gasteiger charge is -2.34. The van der Waals surface area contributed by atoms with Crippen molar-refractivity contribution in [3.8, 4) is 6.07 Å². The lowest BCUT2D eigenvalue weighted by Crippen LogP contribution is -2.41. The summed E-state index contributed by atoms with van der Waals surface area (Å²) in [5, 5.41) is 12.1. The van der Waals surface area contributed by atoms with Crippen LogP contribution in [0.4, 0.5) is 0 Å². The molecule has 1 aliphatic carbocycles. The molecule has 3 heteroatoms. The minimum Gasteiger partial charge on any atom is -0.314 e. The van der Waals surface area contributed by atoms with E-state index in [1.807, 2.05) is 0 Å². The zero-order valence-corrected chi connectivity index (χ0v) is 11.4. The molecule has 16 heavy (non-hydrogen) atoms. The van der Waals surface area contributed by atoms with Gasteiger partial charge in [0.2, 0.25) is 0 Å². The Morgan fingerprint density at radius 1 is 1.38 bits per heavy atom. The van der Waals surface area contributed by atoms with E-state index >= 15 is 0 Å². The van der Waals surface area contributed by atoms with Gasteiger partial charge in [-0.1, -0.05) is 26.7 Å².